The fourth-order valence-corrected chi connectivity index (χ4v) is 14.2. The van der Waals surface area contributed by atoms with Crippen molar-refractivity contribution in [1.29, 1.82) is 10.5 Å². The van der Waals surface area contributed by atoms with Crippen LogP contribution in [0.1, 0.15) is 24.0 Å². The lowest BCUT2D eigenvalue weighted by atomic mass is 10.1. The Labute approximate surface area is 490 Å². The summed E-state index contributed by atoms with van der Waals surface area (Å²) < 4.78 is 181. The number of sulfone groups is 1. The summed E-state index contributed by atoms with van der Waals surface area (Å²) in [5.41, 5.74) is 2.17. The monoisotopic (exact) mass is 1280 g/mol. The predicted molar refractivity (Wildman–Crippen MR) is 308 cm³/mol. The summed E-state index contributed by atoms with van der Waals surface area (Å²) in [6.07, 6.45) is 3.21. The van der Waals surface area contributed by atoms with Gasteiger partial charge >= 0.3 is 6.29 Å². The maximum Gasteiger partial charge on any atom is 0.586 e. The van der Waals surface area contributed by atoms with Gasteiger partial charge in [0.15, 0.2) is 21.3 Å². The fourth-order valence-electron chi connectivity index (χ4n) is 8.79. The molecule has 1 unspecified atom stereocenters. The molecule has 1 saturated heterocycles. The lowest BCUT2D eigenvalue weighted by Crippen LogP contribution is -2.25. The number of thiophene rings is 1. The Balaban J connectivity index is 0.000000142. The van der Waals surface area contributed by atoms with E-state index in [2.05, 4.69) is 38.6 Å². The third kappa shape index (κ3) is 13.3. The molecule has 0 aliphatic carbocycles. The highest BCUT2D eigenvalue weighted by Gasteiger charge is 2.43. The van der Waals surface area contributed by atoms with E-state index in [1.807, 2.05) is 12.1 Å². The van der Waals surface area contributed by atoms with E-state index in [1.165, 1.54) is 78.5 Å². The molecule has 6 heterocycles. The quantitative estimate of drug-likeness (QED) is 0.0552. The largest absolute Gasteiger partial charge is 0.586 e. The van der Waals surface area contributed by atoms with Crippen molar-refractivity contribution in [2.45, 2.75) is 44.8 Å². The molecule has 0 amide bonds. The molecule has 12 rings (SSSR count). The van der Waals surface area contributed by atoms with Gasteiger partial charge in [0.2, 0.25) is 0 Å². The van der Waals surface area contributed by atoms with Gasteiger partial charge in [-0.1, -0.05) is 29.8 Å². The number of nitrogens with zero attached hydrogens (tertiary/aromatic N) is 2. The number of hydrogen-bond donors (Lipinski definition) is 6. The second-order valence-electron chi connectivity index (χ2n) is 18.7. The Morgan fingerprint density at radius 2 is 1.19 bits per heavy atom. The van der Waals surface area contributed by atoms with Crippen LogP contribution in [0, 0.1) is 34.3 Å². The molecule has 1 atom stereocenters. The van der Waals surface area contributed by atoms with Gasteiger partial charge in [-0.15, -0.1) is 20.1 Å². The normalized spacial score (nSPS) is 14.6. The number of anilines is 3. The molecule has 1 fully saturated rings. The van der Waals surface area contributed by atoms with Crippen molar-refractivity contribution in [3.05, 3.63) is 167 Å². The maximum absolute atomic E-state index is 14.1. The highest BCUT2D eigenvalue weighted by Crippen LogP contribution is 2.43. The van der Waals surface area contributed by atoms with Gasteiger partial charge in [0.05, 0.1) is 61.2 Å². The summed E-state index contributed by atoms with van der Waals surface area (Å²) in [7, 11) is -15.6. The molecule has 438 valence electrons. The van der Waals surface area contributed by atoms with E-state index in [9.17, 15) is 51.2 Å². The first-order valence-electron chi connectivity index (χ1n) is 24.7. The number of fused-ring (bicyclic) bond motifs is 4. The summed E-state index contributed by atoms with van der Waals surface area (Å²) in [5, 5.41) is 18.8. The number of aromatic amines is 3. The molecule has 10 aromatic rings. The van der Waals surface area contributed by atoms with E-state index in [1.54, 1.807) is 48.5 Å². The number of sulfonamides is 3. The number of ether oxygens (including phenoxy) is 4. The molecule has 0 bridgehead atoms. The average molecular weight is 1280 g/mol. The van der Waals surface area contributed by atoms with Gasteiger partial charge in [-0.3, -0.25) is 14.2 Å². The number of hydrogen-bond acceptors (Lipinski definition) is 15. The number of aromatic nitrogens is 3. The van der Waals surface area contributed by atoms with E-state index >= 15 is 0 Å². The molecule has 2 aliphatic rings. The second-order valence-corrected chi connectivity index (χ2v) is 27.4. The van der Waals surface area contributed by atoms with Crippen LogP contribution >= 0.6 is 22.9 Å². The van der Waals surface area contributed by atoms with Crippen LogP contribution in [0.5, 0.6) is 17.2 Å². The van der Waals surface area contributed by atoms with Crippen molar-refractivity contribution in [2.75, 3.05) is 33.6 Å². The molecule has 6 N–H and O–H groups in total. The van der Waals surface area contributed by atoms with Gasteiger partial charge < -0.3 is 33.9 Å². The average Bonchev–Trinajstić information content (AvgIpc) is 3.54. The Bertz CT molecular complexity index is 4830. The van der Waals surface area contributed by atoms with Crippen molar-refractivity contribution in [1.82, 2.24) is 15.0 Å². The van der Waals surface area contributed by atoms with E-state index in [-0.39, 0.29) is 70.8 Å². The van der Waals surface area contributed by atoms with E-state index in [0.29, 0.717) is 44.0 Å². The molecule has 4 aromatic heterocycles. The number of benzene rings is 6. The third-order valence-corrected chi connectivity index (χ3v) is 19.4. The zero-order valence-corrected chi connectivity index (χ0v) is 48.2. The lowest BCUT2D eigenvalue weighted by Gasteiger charge is -2.11. The van der Waals surface area contributed by atoms with Crippen LogP contribution in [0.3, 0.4) is 0 Å². The van der Waals surface area contributed by atoms with Crippen LogP contribution in [0.25, 0.3) is 43.1 Å². The molecule has 6 aromatic carbocycles. The number of rotatable bonds is 14. The minimum atomic E-state index is -4.11. The molecular formula is C55H41ClF4N8O12S5. The standard InChI is InChI=1S/C20H18FN3O4S.C19H11ClFN3O2S2.C16H12F2N2O6S2/c21-17-8-13(10-22)3-6-18(17)24-29(25,26)20-11-23-19-9-14(4-5-16(19)20)28-12-15-2-1-7-27-15;20-19-6-5-17(27-19)12-2-3-13-16(8-12)23-10-18(13)28(25,26)24-15-4-1-11(9-22)7-14(15)21;1-27(21,22)10-3-4-11-12(7-10)19-8-15(11)28(23,24)20-9-2-5-13-14(6-9)26-16(17,18)25-13/h3-6,8-9,11,15,23-24H,1-2,7,12H2;1-8,10,23-24H;2-8,19-20H,1H3. The van der Waals surface area contributed by atoms with Gasteiger partial charge in [-0.05, 0) is 109 Å². The van der Waals surface area contributed by atoms with Gasteiger partial charge in [-0.25, -0.2) is 42.5 Å². The highest BCUT2D eigenvalue weighted by molar-refractivity contribution is 7.93. The Kier molecular flexibility index (Phi) is 16.3. The van der Waals surface area contributed by atoms with Crippen LogP contribution in [-0.4, -0.2) is 80.5 Å². The molecule has 20 nitrogen and oxygen atoms in total. The SMILES string of the molecule is CS(=O)(=O)c1ccc2c(S(=O)(=O)Nc3ccc4c(c3)OC(F)(F)O4)c[nH]c2c1.N#Cc1ccc(NS(=O)(=O)c2c[nH]c3cc(-c4ccc(Cl)s4)ccc23)c(F)c1.N#Cc1ccc(NS(=O)(=O)c2c[nH]c3cc(OCC4CCCO4)ccc23)c(F)c1. The second kappa shape index (κ2) is 23.3. The number of halogens is 5. The van der Waals surface area contributed by atoms with Crippen molar-refractivity contribution in [3.8, 4) is 39.8 Å². The molecule has 30 heteroatoms. The van der Waals surface area contributed by atoms with Gasteiger partial charge in [0, 0.05) is 75.7 Å². The summed E-state index contributed by atoms with van der Waals surface area (Å²) >= 11 is 7.40. The number of H-pyrrole nitrogens is 3. The molecule has 0 saturated carbocycles. The molecule has 2 aliphatic heterocycles. The minimum absolute atomic E-state index is 0.00187. The first kappa shape index (κ1) is 59.4. The summed E-state index contributed by atoms with van der Waals surface area (Å²) in [6.45, 7) is 1.19. The van der Waals surface area contributed by atoms with Gasteiger partial charge in [0.1, 0.15) is 38.7 Å². The van der Waals surface area contributed by atoms with E-state index in [0.717, 1.165) is 60.4 Å². The molecule has 85 heavy (non-hydrogen) atoms. The van der Waals surface area contributed by atoms with Crippen molar-refractivity contribution >= 4 is 113 Å². The van der Waals surface area contributed by atoms with Crippen LogP contribution in [0.15, 0.2) is 159 Å². The highest BCUT2D eigenvalue weighted by atomic mass is 35.5. The lowest BCUT2D eigenvalue weighted by molar-refractivity contribution is -0.286. The summed E-state index contributed by atoms with van der Waals surface area (Å²) in [6, 6.07) is 32.2. The number of nitrogens with one attached hydrogen (secondary N) is 6. The summed E-state index contributed by atoms with van der Waals surface area (Å²) in [5.74, 6) is -1.56. The third-order valence-electron chi connectivity index (χ3n) is 12.8. The van der Waals surface area contributed by atoms with Crippen molar-refractivity contribution in [3.63, 3.8) is 0 Å². The molecule has 0 spiro atoms. The number of nitriles is 2. The Hall–Kier alpha value is -8.81. The van der Waals surface area contributed by atoms with Crippen LogP contribution < -0.4 is 28.4 Å². The van der Waals surface area contributed by atoms with Gasteiger partial charge in [0.25, 0.3) is 30.1 Å². The predicted octanol–water partition coefficient (Wildman–Crippen LogP) is 11.6. The van der Waals surface area contributed by atoms with Crippen LogP contribution in [-0.2, 0) is 44.6 Å². The molecule has 0 radical (unpaired) electrons. The smallest absolute Gasteiger partial charge is 0.491 e. The minimum Gasteiger partial charge on any atom is -0.491 e. The zero-order valence-electron chi connectivity index (χ0n) is 43.4. The Morgan fingerprint density at radius 1 is 0.647 bits per heavy atom. The molecular weight excluding hydrogens is 1240 g/mol. The van der Waals surface area contributed by atoms with Crippen LogP contribution in [0.4, 0.5) is 34.6 Å². The topological polar surface area (TPSA) is 305 Å². The Morgan fingerprint density at radius 3 is 1.72 bits per heavy atom. The maximum atomic E-state index is 14.1. The van der Waals surface area contributed by atoms with Crippen molar-refractivity contribution < 1.29 is 70.2 Å². The number of alkyl halides is 2. The summed E-state index contributed by atoms with van der Waals surface area (Å²) in [4.78, 5) is 9.43. The first-order chi connectivity index (χ1) is 40.3. The van der Waals surface area contributed by atoms with Crippen molar-refractivity contribution in [2.24, 2.45) is 0 Å². The first-order valence-corrected chi connectivity index (χ1v) is 32.2. The van der Waals surface area contributed by atoms with E-state index in [4.69, 9.17) is 31.6 Å². The fraction of sp³-hybridized carbons (Fsp3) is 0.127. The van der Waals surface area contributed by atoms with Gasteiger partial charge in [-0.2, -0.15) is 10.5 Å². The van der Waals surface area contributed by atoms with Crippen LogP contribution in [0.2, 0.25) is 4.34 Å². The van der Waals surface area contributed by atoms with E-state index < -0.39 is 57.8 Å². The zero-order chi connectivity index (χ0) is 60.6.